The number of nitrogens with zero attached hydrogens (tertiary/aromatic N) is 1. The number of para-hydroxylation sites is 1. The van der Waals surface area contributed by atoms with Crippen molar-refractivity contribution in [2.75, 3.05) is 4.90 Å². The number of anilines is 3. The zero-order chi connectivity index (χ0) is 36.8. The van der Waals surface area contributed by atoms with Crippen molar-refractivity contribution in [3.8, 4) is 11.1 Å². The second kappa shape index (κ2) is 15.9. The SMILES string of the molecule is C=C(/C=C\C=C/C)C1(C2=CCCC=C2)c2ccccc2-c2ccc(N(c3ccc4c(ccc5ccccc54)c3)c3ccccc3CCCC)cc21.CC. The molecule has 0 heterocycles. The fraction of sp³-hybridized carbons (Fsp3) is 0.192. The van der Waals surface area contributed by atoms with E-state index in [1.165, 1.54) is 60.6 Å². The van der Waals surface area contributed by atoms with E-state index in [0.717, 1.165) is 49.1 Å². The first-order valence-corrected chi connectivity index (χ1v) is 19.5. The zero-order valence-electron chi connectivity index (χ0n) is 31.8. The van der Waals surface area contributed by atoms with Gasteiger partial charge in [-0.3, -0.25) is 0 Å². The smallest absolute Gasteiger partial charge is 0.0705 e. The molecule has 264 valence electrons. The predicted octanol–water partition coefficient (Wildman–Crippen LogP) is 15.1. The van der Waals surface area contributed by atoms with Gasteiger partial charge in [0, 0.05) is 17.1 Å². The minimum atomic E-state index is -0.507. The van der Waals surface area contributed by atoms with Crippen LogP contribution in [0.25, 0.3) is 32.7 Å². The minimum absolute atomic E-state index is 0.507. The first kappa shape index (κ1) is 35.7. The number of allylic oxidation sites excluding steroid dienone is 9. The van der Waals surface area contributed by atoms with Crippen molar-refractivity contribution in [3.05, 3.63) is 198 Å². The van der Waals surface area contributed by atoms with Crippen molar-refractivity contribution in [1.29, 1.82) is 0 Å². The van der Waals surface area contributed by atoms with Crippen LogP contribution in [0.1, 0.15) is 70.1 Å². The van der Waals surface area contributed by atoms with Gasteiger partial charge in [0.1, 0.15) is 0 Å². The summed E-state index contributed by atoms with van der Waals surface area (Å²) in [5.74, 6) is 0. The molecule has 2 aliphatic rings. The van der Waals surface area contributed by atoms with Crippen molar-refractivity contribution in [3.63, 3.8) is 0 Å². The standard InChI is InChI=1S/C50H45N.C2H6/c1-4-6-9-18-36(3)50(40-22-10-8-11-23-40)47-26-16-15-25-45(47)46-33-31-42(35-48(46)50)51(49-27-17-13-21-38(49)19-7-5-2)41-30-32-44-39(34-41)29-28-37-20-12-14-24-43(37)44;1-2/h4,6,9-10,12-18,20-35H,3,5,7-8,11,19H2,1-2H3;1-2H3/b6-4-,18-9-;. The molecule has 6 aromatic rings. The van der Waals surface area contributed by atoms with Crippen LogP contribution in [-0.2, 0) is 11.8 Å². The molecule has 0 aromatic heterocycles. The number of hydrogen-bond acceptors (Lipinski definition) is 1. The molecule has 53 heavy (non-hydrogen) atoms. The maximum absolute atomic E-state index is 4.84. The lowest BCUT2D eigenvalue weighted by Crippen LogP contribution is -2.29. The number of unbranched alkanes of at least 4 members (excludes halogenated alkanes) is 1. The van der Waals surface area contributed by atoms with Crippen LogP contribution >= 0.6 is 0 Å². The van der Waals surface area contributed by atoms with E-state index in [0.29, 0.717) is 0 Å². The molecule has 0 amide bonds. The highest BCUT2D eigenvalue weighted by Crippen LogP contribution is 2.58. The topological polar surface area (TPSA) is 3.24 Å². The Hall–Kier alpha value is -5.66. The lowest BCUT2D eigenvalue weighted by Gasteiger charge is -2.37. The number of hydrogen-bond donors (Lipinski definition) is 0. The summed E-state index contributed by atoms with van der Waals surface area (Å²) in [5.41, 5.74) is 11.9. The van der Waals surface area contributed by atoms with Crippen LogP contribution in [0.2, 0.25) is 0 Å². The Bertz CT molecular complexity index is 2400. The average molecular weight is 690 g/mol. The van der Waals surface area contributed by atoms with Crippen LogP contribution in [0.3, 0.4) is 0 Å². The highest BCUT2D eigenvalue weighted by atomic mass is 15.1. The number of fused-ring (bicyclic) bond motifs is 6. The summed E-state index contributed by atoms with van der Waals surface area (Å²) in [4.78, 5) is 2.50. The van der Waals surface area contributed by atoms with Crippen LogP contribution in [0.5, 0.6) is 0 Å². The lowest BCUT2D eigenvalue weighted by molar-refractivity contribution is 0.753. The maximum Gasteiger partial charge on any atom is 0.0705 e. The molecule has 0 fully saturated rings. The van der Waals surface area contributed by atoms with Gasteiger partial charge in [0.05, 0.1) is 5.41 Å². The maximum atomic E-state index is 4.84. The Labute approximate surface area is 317 Å². The third-order valence-electron chi connectivity index (χ3n) is 10.8. The largest absolute Gasteiger partial charge is 0.310 e. The first-order valence-electron chi connectivity index (χ1n) is 19.5. The Morgan fingerprint density at radius 2 is 1.43 bits per heavy atom. The van der Waals surface area contributed by atoms with Gasteiger partial charge < -0.3 is 4.90 Å². The molecule has 0 saturated carbocycles. The molecule has 1 unspecified atom stereocenters. The van der Waals surface area contributed by atoms with Crippen molar-refractivity contribution in [1.82, 2.24) is 0 Å². The second-order valence-corrected chi connectivity index (χ2v) is 13.8. The van der Waals surface area contributed by atoms with E-state index in [2.05, 4.69) is 183 Å². The molecule has 8 rings (SSSR count). The molecule has 1 atom stereocenters. The van der Waals surface area contributed by atoms with Crippen LogP contribution in [0, 0.1) is 0 Å². The highest BCUT2D eigenvalue weighted by Gasteiger charge is 2.47. The third-order valence-corrected chi connectivity index (χ3v) is 10.8. The average Bonchev–Trinajstić information content (AvgIpc) is 3.52. The highest BCUT2D eigenvalue weighted by molar-refractivity contribution is 6.08. The van der Waals surface area contributed by atoms with Crippen molar-refractivity contribution < 1.29 is 0 Å². The fourth-order valence-corrected chi connectivity index (χ4v) is 8.42. The van der Waals surface area contributed by atoms with Crippen LogP contribution in [0.15, 0.2) is 182 Å². The van der Waals surface area contributed by atoms with E-state index in [1.54, 1.807) is 0 Å². The van der Waals surface area contributed by atoms with E-state index in [-0.39, 0.29) is 0 Å². The fourth-order valence-electron chi connectivity index (χ4n) is 8.42. The van der Waals surface area contributed by atoms with E-state index in [4.69, 9.17) is 6.58 Å². The van der Waals surface area contributed by atoms with Crippen molar-refractivity contribution in [2.45, 2.75) is 65.2 Å². The number of benzene rings is 6. The molecular weight excluding hydrogens is 639 g/mol. The second-order valence-electron chi connectivity index (χ2n) is 13.8. The first-order chi connectivity index (χ1) is 26.1. The van der Waals surface area contributed by atoms with E-state index >= 15 is 0 Å². The Morgan fingerprint density at radius 3 is 2.26 bits per heavy atom. The summed E-state index contributed by atoms with van der Waals surface area (Å²) in [6, 6.07) is 45.3. The summed E-state index contributed by atoms with van der Waals surface area (Å²) in [7, 11) is 0. The van der Waals surface area contributed by atoms with Gasteiger partial charge >= 0.3 is 0 Å². The van der Waals surface area contributed by atoms with Gasteiger partial charge in [-0.2, -0.15) is 0 Å². The van der Waals surface area contributed by atoms with Gasteiger partial charge in [-0.1, -0.05) is 167 Å². The van der Waals surface area contributed by atoms with Crippen LogP contribution in [0.4, 0.5) is 17.1 Å². The van der Waals surface area contributed by atoms with Gasteiger partial charge in [-0.25, -0.2) is 0 Å². The molecule has 1 heteroatoms. The monoisotopic (exact) mass is 689 g/mol. The molecule has 0 aliphatic heterocycles. The van der Waals surface area contributed by atoms with Crippen LogP contribution < -0.4 is 4.90 Å². The van der Waals surface area contributed by atoms with Gasteiger partial charge in [0.15, 0.2) is 0 Å². The summed E-state index contributed by atoms with van der Waals surface area (Å²) >= 11 is 0. The van der Waals surface area contributed by atoms with Crippen LogP contribution in [-0.4, -0.2) is 0 Å². The van der Waals surface area contributed by atoms with Gasteiger partial charge in [-0.15, -0.1) is 0 Å². The van der Waals surface area contributed by atoms with Crippen molar-refractivity contribution in [2.24, 2.45) is 0 Å². The molecule has 0 radical (unpaired) electrons. The predicted molar refractivity (Wildman–Crippen MR) is 232 cm³/mol. The summed E-state index contributed by atoms with van der Waals surface area (Å²) in [6.45, 7) is 13.2. The third kappa shape index (κ3) is 6.40. The molecule has 0 saturated heterocycles. The molecule has 0 spiro atoms. The summed E-state index contributed by atoms with van der Waals surface area (Å²) in [6.07, 6.45) is 21.1. The molecule has 6 aromatic carbocycles. The summed E-state index contributed by atoms with van der Waals surface area (Å²) in [5, 5.41) is 5.07. The van der Waals surface area contributed by atoms with Crippen molar-refractivity contribution >= 4 is 38.6 Å². The van der Waals surface area contributed by atoms with Gasteiger partial charge in [0.25, 0.3) is 0 Å². The van der Waals surface area contributed by atoms with Gasteiger partial charge in [-0.05, 0) is 123 Å². The van der Waals surface area contributed by atoms with E-state index in [1.807, 2.05) is 13.8 Å². The number of aryl methyl sites for hydroxylation is 1. The quantitative estimate of drug-likeness (QED) is 0.102. The zero-order valence-corrected chi connectivity index (χ0v) is 31.8. The molecule has 0 N–H and O–H groups in total. The lowest BCUT2D eigenvalue weighted by atomic mass is 9.66. The minimum Gasteiger partial charge on any atom is -0.310 e. The van der Waals surface area contributed by atoms with Gasteiger partial charge in [0.2, 0.25) is 0 Å². The Balaban J connectivity index is 0.00000214. The normalized spacial score (nSPS) is 16.0. The molecule has 1 nitrogen and oxygen atoms in total. The van der Waals surface area contributed by atoms with E-state index in [9.17, 15) is 0 Å². The Morgan fingerprint density at radius 1 is 0.717 bits per heavy atom. The van der Waals surface area contributed by atoms with E-state index < -0.39 is 5.41 Å². The molecular formula is C52H51N. The Kier molecular flexibility index (Phi) is 10.7. The summed E-state index contributed by atoms with van der Waals surface area (Å²) < 4.78 is 0. The molecule has 2 aliphatic carbocycles. The number of rotatable bonds is 10. The molecule has 0 bridgehead atoms.